The van der Waals surface area contributed by atoms with Gasteiger partial charge in [0.1, 0.15) is 5.54 Å². The van der Waals surface area contributed by atoms with Crippen molar-refractivity contribution in [2.75, 3.05) is 13.1 Å². The van der Waals surface area contributed by atoms with Gasteiger partial charge in [-0.15, -0.1) is 0 Å². The van der Waals surface area contributed by atoms with Gasteiger partial charge in [0.25, 0.3) is 0 Å². The van der Waals surface area contributed by atoms with Crippen LogP contribution in [0.3, 0.4) is 0 Å². The molecule has 0 amide bonds. The first-order valence-corrected chi connectivity index (χ1v) is 6.60. The lowest BCUT2D eigenvalue weighted by Gasteiger charge is -2.42. The highest BCUT2D eigenvalue weighted by Crippen LogP contribution is 2.27. The summed E-state index contributed by atoms with van der Waals surface area (Å²) in [5.41, 5.74) is 5.15. The average Bonchev–Trinajstić information content (AvgIpc) is 2.26. The Morgan fingerprint density at radius 2 is 2.00 bits per heavy atom. The van der Waals surface area contributed by atoms with Crippen molar-refractivity contribution in [3.8, 4) is 0 Å². The van der Waals surface area contributed by atoms with Gasteiger partial charge in [-0.1, -0.05) is 13.8 Å². The second-order valence-electron chi connectivity index (χ2n) is 5.84. The molecule has 0 aromatic rings. The highest BCUT2D eigenvalue weighted by molar-refractivity contribution is 5.78. The van der Waals surface area contributed by atoms with E-state index < -0.39 is 11.5 Å². The molecular formula is C13H26N2O2. The first-order chi connectivity index (χ1) is 7.86. The van der Waals surface area contributed by atoms with E-state index in [1.165, 1.54) is 0 Å². The zero-order chi connectivity index (χ0) is 13.1. The van der Waals surface area contributed by atoms with Gasteiger partial charge in [0, 0.05) is 19.1 Å². The summed E-state index contributed by atoms with van der Waals surface area (Å²) in [6, 6.07) is 0.245. The van der Waals surface area contributed by atoms with Crippen LogP contribution < -0.4 is 5.73 Å². The molecule has 1 saturated heterocycles. The lowest BCUT2D eigenvalue weighted by atomic mass is 9.88. The molecule has 1 aliphatic heterocycles. The Balaban J connectivity index is 2.66. The summed E-state index contributed by atoms with van der Waals surface area (Å²) in [5, 5.41) is 9.49. The molecule has 0 aliphatic carbocycles. The Labute approximate surface area is 104 Å². The van der Waals surface area contributed by atoms with Crippen molar-refractivity contribution in [1.29, 1.82) is 0 Å². The molecule has 1 heterocycles. The van der Waals surface area contributed by atoms with Gasteiger partial charge in [0.2, 0.25) is 0 Å². The Hall–Kier alpha value is -0.610. The SMILES string of the molecule is CC(C)CCC(C)(C(=O)O)N1CCC(N)CC1. The zero-order valence-electron chi connectivity index (χ0n) is 11.3. The Bertz CT molecular complexity index is 260. The van der Waals surface area contributed by atoms with Gasteiger partial charge in [0.05, 0.1) is 0 Å². The summed E-state index contributed by atoms with van der Waals surface area (Å²) in [6.45, 7) is 7.74. The van der Waals surface area contributed by atoms with E-state index in [2.05, 4.69) is 18.7 Å². The number of aliphatic carboxylic acids is 1. The summed E-state index contributed by atoms with van der Waals surface area (Å²) in [4.78, 5) is 13.6. The van der Waals surface area contributed by atoms with Gasteiger partial charge in [-0.3, -0.25) is 9.69 Å². The molecule has 0 aromatic heterocycles. The van der Waals surface area contributed by atoms with Gasteiger partial charge in [0.15, 0.2) is 0 Å². The maximum absolute atomic E-state index is 11.5. The van der Waals surface area contributed by atoms with E-state index in [0.29, 0.717) is 5.92 Å². The molecule has 1 fully saturated rings. The average molecular weight is 242 g/mol. The number of hydrogen-bond donors (Lipinski definition) is 2. The Kier molecular flexibility index (Phi) is 4.95. The van der Waals surface area contributed by atoms with Crippen molar-refractivity contribution >= 4 is 5.97 Å². The summed E-state index contributed by atoms with van der Waals surface area (Å²) in [5.74, 6) is -0.158. The number of rotatable bonds is 5. The third-order valence-electron chi connectivity index (χ3n) is 3.91. The number of nitrogens with two attached hydrogens (primary N) is 1. The van der Waals surface area contributed by atoms with Crippen molar-refractivity contribution < 1.29 is 9.90 Å². The molecule has 1 unspecified atom stereocenters. The van der Waals surface area contributed by atoms with Gasteiger partial charge >= 0.3 is 5.97 Å². The first-order valence-electron chi connectivity index (χ1n) is 6.60. The maximum atomic E-state index is 11.5. The molecule has 0 saturated carbocycles. The normalized spacial score (nSPS) is 22.6. The number of carbonyl (C=O) groups is 1. The zero-order valence-corrected chi connectivity index (χ0v) is 11.3. The van der Waals surface area contributed by atoms with Crippen LogP contribution in [-0.4, -0.2) is 40.6 Å². The number of carboxylic acid groups (broad SMARTS) is 1. The fourth-order valence-corrected chi connectivity index (χ4v) is 2.36. The van der Waals surface area contributed by atoms with Crippen LogP contribution in [0.25, 0.3) is 0 Å². The summed E-state index contributed by atoms with van der Waals surface area (Å²) < 4.78 is 0. The van der Waals surface area contributed by atoms with E-state index >= 15 is 0 Å². The molecule has 1 atom stereocenters. The van der Waals surface area contributed by atoms with E-state index in [1.807, 2.05) is 6.92 Å². The Morgan fingerprint density at radius 1 is 1.47 bits per heavy atom. The molecule has 0 radical (unpaired) electrons. The lowest BCUT2D eigenvalue weighted by molar-refractivity contribution is -0.152. The standard InChI is InChI=1S/C13H26N2O2/c1-10(2)4-7-13(3,12(16)17)15-8-5-11(14)6-9-15/h10-11H,4-9,14H2,1-3H3,(H,16,17). The van der Waals surface area contributed by atoms with E-state index in [9.17, 15) is 9.90 Å². The van der Waals surface area contributed by atoms with Crippen LogP contribution >= 0.6 is 0 Å². The smallest absolute Gasteiger partial charge is 0.323 e. The van der Waals surface area contributed by atoms with Crippen LogP contribution in [0.15, 0.2) is 0 Å². The number of hydrogen-bond acceptors (Lipinski definition) is 3. The minimum Gasteiger partial charge on any atom is -0.480 e. The Morgan fingerprint density at radius 3 is 2.41 bits per heavy atom. The molecule has 4 nitrogen and oxygen atoms in total. The van der Waals surface area contributed by atoms with Crippen LogP contribution in [0.2, 0.25) is 0 Å². The molecular weight excluding hydrogens is 216 g/mol. The van der Waals surface area contributed by atoms with Crippen molar-refractivity contribution in [2.45, 2.75) is 58.0 Å². The molecule has 0 aromatic carbocycles. The monoisotopic (exact) mass is 242 g/mol. The lowest BCUT2D eigenvalue weighted by Crippen LogP contribution is -2.56. The fraction of sp³-hybridized carbons (Fsp3) is 0.923. The number of nitrogens with zero attached hydrogens (tertiary/aromatic N) is 1. The van der Waals surface area contributed by atoms with Crippen molar-refractivity contribution in [3.05, 3.63) is 0 Å². The third-order valence-corrected chi connectivity index (χ3v) is 3.91. The van der Waals surface area contributed by atoms with Crippen LogP contribution in [0.4, 0.5) is 0 Å². The summed E-state index contributed by atoms with van der Waals surface area (Å²) in [7, 11) is 0. The minimum absolute atomic E-state index is 0.245. The maximum Gasteiger partial charge on any atom is 0.323 e. The molecule has 1 aliphatic rings. The van der Waals surface area contributed by atoms with Crippen LogP contribution in [0.5, 0.6) is 0 Å². The van der Waals surface area contributed by atoms with E-state index in [4.69, 9.17) is 5.73 Å². The third kappa shape index (κ3) is 3.68. The minimum atomic E-state index is -0.718. The van der Waals surface area contributed by atoms with Crippen molar-refractivity contribution in [2.24, 2.45) is 11.7 Å². The van der Waals surface area contributed by atoms with Crippen LogP contribution in [0, 0.1) is 5.92 Å². The number of likely N-dealkylation sites (tertiary alicyclic amines) is 1. The highest BCUT2D eigenvalue weighted by atomic mass is 16.4. The second kappa shape index (κ2) is 5.83. The predicted octanol–water partition coefficient (Wildman–Crippen LogP) is 1.69. The van der Waals surface area contributed by atoms with E-state index in [0.717, 1.165) is 38.8 Å². The van der Waals surface area contributed by atoms with Gasteiger partial charge in [-0.2, -0.15) is 0 Å². The quantitative estimate of drug-likeness (QED) is 0.770. The van der Waals surface area contributed by atoms with Crippen LogP contribution in [0.1, 0.15) is 46.5 Å². The fourth-order valence-electron chi connectivity index (χ4n) is 2.36. The molecule has 17 heavy (non-hydrogen) atoms. The molecule has 0 bridgehead atoms. The second-order valence-corrected chi connectivity index (χ2v) is 5.84. The van der Waals surface area contributed by atoms with E-state index in [-0.39, 0.29) is 6.04 Å². The molecule has 1 rings (SSSR count). The van der Waals surface area contributed by atoms with Gasteiger partial charge in [-0.05, 0) is 38.5 Å². The number of piperidine rings is 1. The largest absolute Gasteiger partial charge is 0.480 e. The summed E-state index contributed by atoms with van der Waals surface area (Å²) in [6.07, 6.45) is 3.48. The predicted molar refractivity (Wildman–Crippen MR) is 68.9 cm³/mol. The van der Waals surface area contributed by atoms with Crippen molar-refractivity contribution in [1.82, 2.24) is 4.90 Å². The van der Waals surface area contributed by atoms with Crippen LogP contribution in [-0.2, 0) is 4.79 Å². The molecule has 3 N–H and O–H groups in total. The van der Waals surface area contributed by atoms with Gasteiger partial charge in [-0.25, -0.2) is 0 Å². The van der Waals surface area contributed by atoms with E-state index in [1.54, 1.807) is 0 Å². The summed E-state index contributed by atoms with van der Waals surface area (Å²) >= 11 is 0. The van der Waals surface area contributed by atoms with Crippen molar-refractivity contribution in [3.63, 3.8) is 0 Å². The molecule has 4 heteroatoms. The van der Waals surface area contributed by atoms with Gasteiger partial charge < -0.3 is 10.8 Å². The first kappa shape index (κ1) is 14.5. The highest BCUT2D eigenvalue weighted by Gasteiger charge is 2.40. The number of carboxylic acids is 1. The topological polar surface area (TPSA) is 66.6 Å². The molecule has 100 valence electrons. The molecule has 0 spiro atoms.